The number of ether oxygens (including phenoxy) is 2. The zero-order chi connectivity index (χ0) is 40.4. The van der Waals surface area contributed by atoms with Crippen LogP contribution < -0.4 is 20.1 Å². The molecule has 0 unspecified atom stereocenters. The van der Waals surface area contributed by atoms with Crippen LogP contribution >= 0.6 is 34.3 Å². The van der Waals surface area contributed by atoms with Crippen LogP contribution in [-0.4, -0.2) is 74.0 Å². The van der Waals surface area contributed by atoms with Crippen LogP contribution in [0.5, 0.6) is 23.0 Å². The SMILES string of the molecule is O[C@@H]1CCCC[C@H]1Nc1nc2ccc(Oc3ccnc(-n4ccnc4)c3)cc2s1.O[C@@H]1CCCC[C@H]1Nc1nc2ccc(Oc3ccnc(Cl)c3)cc2s1.c1c[nH]cn1. The summed E-state index contributed by atoms with van der Waals surface area (Å²) >= 11 is 9.04. The number of hydrogen-bond donors (Lipinski definition) is 5. The van der Waals surface area contributed by atoms with Crippen molar-refractivity contribution in [3.8, 4) is 28.8 Å². The molecule has 2 aliphatic rings. The van der Waals surface area contributed by atoms with Crippen LogP contribution in [0.1, 0.15) is 51.4 Å². The fourth-order valence-electron chi connectivity index (χ4n) is 6.87. The average molecular weight is 851 g/mol. The van der Waals surface area contributed by atoms with Crippen molar-refractivity contribution in [1.29, 1.82) is 0 Å². The maximum absolute atomic E-state index is 10.2. The molecule has 10 rings (SSSR count). The maximum Gasteiger partial charge on any atom is 0.184 e. The Hall–Kier alpha value is -5.65. The van der Waals surface area contributed by atoms with Gasteiger partial charge in [-0.15, -0.1) is 0 Å². The van der Waals surface area contributed by atoms with Gasteiger partial charge in [-0.1, -0.05) is 60.0 Å². The number of aliphatic hydroxyl groups is 2. The number of nitrogens with one attached hydrogen (secondary N) is 3. The monoisotopic (exact) mass is 850 g/mol. The Labute approximate surface area is 353 Å². The molecule has 17 heteroatoms. The lowest BCUT2D eigenvalue weighted by Crippen LogP contribution is -2.36. The summed E-state index contributed by atoms with van der Waals surface area (Å²) in [5.41, 5.74) is 1.84. The lowest BCUT2D eigenvalue weighted by Gasteiger charge is -2.27. The number of halogens is 1. The minimum Gasteiger partial charge on any atom is -0.457 e. The highest BCUT2D eigenvalue weighted by atomic mass is 35.5. The highest BCUT2D eigenvalue weighted by molar-refractivity contribution is 7.22. The van der Waals surface area contributed by atoms with Crippen LogP contribution in [0.4, 0.5) is 10.3 Å². The standard InChI is InChI=1S/C21H21N5O2S.C18H18ClN3O2S.C3H4N2/c27-18-4-2-1-3-16(18)24-21-25-17-6-5-14(11-19(17)29-21)28-15-7-8-23-20(12-15)26-10-9-22-13-26;19-17-10-12(7-8-20-17)24-11-5-6-14-16(9-11)25-18(22-14)21-13-3-1-2-4-15(13)23;1-2-5-3-4-1/h5-13,16,18,27H,1-4H2,(H,24,25);5-10,13,15,23H,1-4H2,(H,21,22);1-3H,(H,4,5)/t16-,18-;13-,15-;/m11./s1. The molecule has 59 heavy (non-hydrogen) atoms. The van der Waals surface area contributed by atoms with Gasteiger partial charge in [0.05, 0.1) is 51.1 Å². The molecule has 0 spiro atoms. The van der Waals surface area contributed by atoms with Gasteiger partial charge in [0.15, 0.2) is 10.3 Å². The zero-order valence-electron chi connectivity index (χ0n) is 31.9. The van der Waals surface area contributed by atoms with E-state index in [1.54, 1.807) is 78.4 Å². The van der Waals surface area contributed by atoms with Crippen molar-refractivity contribution in [1.82, 2.24) is 39.5 Å². The highest BCUT2D eigenvalue weighted by Gasteiger charge is 2.25. The summed E-state index contributed by atoms with van der Waals surface area (Å²) in [5, 5.41) is 29.2. The molecule has 4 atom stereocenters. The first-order chi connectivity index (χ1) is 28.9. The predicted octanol–water partition coefficient (Wildman–Crippen LogP) is 9.65. The van der Waals surface area contributed by atoms with Crippen molar-refractivity contribution < 1.29 is 19.7 Å². The number of nitrogens with zero attached hydrogens (tertiary/aromatic N) is 7. The van der Waals surface area contributed by atoms with Gasteiger partial charge in [0, 0.05) is 61.4 Å². The van der Waals surface area contributed by atoms with Gasteiger partial charge >= 0.3 is 0 Å². The van der Waals surface area contributed by atoms with Gasteiger partial charge < -0.3 is 35.3 Å². The number of rotatable bonds is 9. The van der Waals surface area contributed by atoms with Crippen LogP contribution in [0, 0.1) is 0 Å². The fraction of sp³-hybridized carbons (Fsp3) is 0.286. The van der Waals surface area contributed by atoms with Gasteiger partial charge in [0.1, 0.15) is 40.3 Å². The quantitative estimate of drug-likeness (QED) is 0.0869. The van der Waals surface area contributed by atoms with Gasteiger partial charge in [0.25, 0.3) is 0 Å². The minimum atomic E-state index is -0.300. The third-order valence-corrected chi connectivity index (χ3v) is 12.0. The van der Waals surface area contributed by atoms with E-state index in [9.17, 15) is 10.2 Å². The van der Waals surface area contributed by atoms with Crippen molar-refractivity contribution in [3.05, 3.63) is 116 Å². The second-order valence-electron chi connectivity index (χ2n) is 14.1. The van der Waals surface area contributed by atoms with Gasteiger partial charge in [-0.3, -0.25) is 4.57 Å². The van der Waals surface area contributed by atoms with Crippen LogP contribution in [0.2, 0.25) is 5.15 Å². The molecular weight excluding hydrogens is 808 g/mol. The Morgan fingerprint density at radius 1 is 0.661 bits per heavy atom. The van der Waals surface area contributed by atoms with E-state index in [1.165, 1.54) is 0 Å². The van der Waals surface area contributed by atoms with Crippen molar-refractivity contribution in [2.75, 3.05) is 10.6 Å². The first kappa shape index (κ1) is 40.1. The third-order valence-electron chi connectivity index (χ3n) is 9.86. The van der Waals surface area contributed by atoms with Crippen molar-refractivity contribution in [3.63, 3.8) is 0 Å². The summed E-state index contributed by atoms with van der Waals surface area (Å²) in [5.74, 6) is 3.57. The molecule has 2 fully saturated rings. The Morgan fingerprint density at radius 2 is 1.24 bits per heavy atom. The zero-order valence-corrected chi connectivity index (χ0v) is 34.3. The molecule has 2 aliphatic carbocycles. The predicted molar refractivity (Wildman–Crippen MR) is 232 cm³/mol. The Balaban J connectivity index is 0.000000148. The molecule has 8 aromatic rings. The molecule has 0 bridgehead atoms. The number of aromatic nitrogens is 8. The van der Waals surface area contributed by atoms with E-state index in [0.717, 1.165) is 99.4 Å². The van der Waals surface area contributed by atoms with E-state index in [4.69, 9.17) is 21.1 Å². The van der Waals surface area contributed by atoms with Gasteiger partial charge in [-0.05, 0) is 62.1 Å². The molecule has 2 aromatic carbocycles. The number of H-pyrrole nitrogens is 1. The molecule has 0 radical (unpaired) electrons. The van der Waals surface area contributed by atoms with Crippen LogP contribution in [-0.2, 0) is 0 Å². The molecule has 0 amide bonds. The number of thiazole rings is 2. The molecule has 0 aliphatic heterocycles. The van der Waals surface area contributed by atoms with E-state index in [2.05, 4.69) is 45.5 Å². The van der Waals surface area contributed by atoms with Crippen molar-refractivity contribution in [2.24, 2.45) is 0 Å². The molecule has 304 valence electrons. The molecular formula is C42H43ClN10O4S2. The molecule has 6 aromatic heterocycles. The third kappa shape index (κ3) is 10.9. The summed E-state index contributed by atoms with van der Waals surface area (Å²) in [6.45, 7) is 0. The van der Waals surface area contributed by atoms with Crippen molar-refractivity contribution in [2.45, 2.75) is 75.7 Å². The lowest BCUT2D eigenvalue weighted by atomic mass is 9.93. The molecule has 6 heterocycles. The first-order valence-electron chi connectivity index (χ1n) is 19.5. The van der Waals surface area contributed by atoms with Gasteiger partial charge in [0.2, 0.25) is 0 Å². The maximum atomic E-state index is 10.2. The van der Waals surface area contributed by atoms with Gasteiger partial charge in [-0.25, -0.2) is 29.9 Å². The van der Waals surface area contributed by atoms with Crippen LogP contribution in [0.3, 0.4) is 0 Å². The fourth-order valence-corrected chi connectivity index (χ4v) is 8.95. The van der Waals surface area contributed by atoms with E-state index < -0.39 is 0 Å². The molecule has 5 N–H and O–H groups in total. The Bertz CT molecular complexity index is 2520. The Morgan fingerprint density at radius 3 is 1.75 bits per heavy atom. The molecule has 2 saturated carbocycles. The normalized spacial score (nSPS) is 18.9. The second-order valence-corrected chi connectivity index (χ2v) is 16.5. The number of benzene rings is 2. The van der Waals surface area contributed by atoms with Crippen molar-refractivity contribution >= 4 is 65.0 Å². The number of hydrogen-bond acceptors (Lipinski definition) is 14. The summed E-state index contributed by atoms with van der Waals surface area (Å²) in [7, 11) is 0. The Kier molecular flexibility index (Phi) is 13.2. The smallest absolute Gasteiger partial charge is 0.184 e. The summed E-state index contributed by atoms with van der Waals surface area (Å²) in [6, 6.07) is 19.0. The molecule has 14 nitrogen and oxygen atoms in total. The number of aromatic amines is 1. The summed E-state index contributed by atoms with van der Waals surface area (Å²) in [4.78, 5) is 28.0. The van der Waals surface area contributed by atoms with Crippen LogP contribution in [0.25, 0.3) is 26.3 Å². The number of imidazole rings is 2. The average Bonchev–Trinajstić information content (AvgIpc) is 4.09. The molecule has 0 saturated heterocycles. The first-order valence-corrected chi connectivity index (χ1v) is 21.5. The highest BCUT2D eigenvalue weighted by Crippen LogP contribution is 2.35. The van der Waals surface area contributed by atoms with E-state index in [-0.39, 0.29) is 24.3 Å². The minimum absolute atomic E-state index is 0.0819. The number of pyridine rings is 2. The number of anilines is 2. The lowest BCUT2D eigenvalue weighted by molar-refractivity contribution is 0.116. The summed E-state index contributed by atoms with van der Waals surface area (Å²) < 4.78 is 15.8. The van der Waals surface area contributed by atoms with E-state index >= 15 is 0 Å². The largest absolute Gasteiger partial charge is 0.457 e. The number of aliphatic hydroxyl groups excluding tert-OH is 2. The topological polar surface area (TPSA) is 181 Å². The van der Waals surface area contributed by atoms with E-state index in [0.29, 0.717) is 16.7 Å². The van der Waals surface area contributed by atoms with Gasteiger partial charge in [-0.2, -0.15) is 0 Å². The van der Waals surface area contributed by atoms with Crippen LogP contribution in [0.15, 0.2) is 110 Å². The van der Waals surface area contributed by atoms with E-state index in [1.807, 2.05) is 59.3 Å². The summed E-state index contributed by atoms with van der Waals surface area (Å²) in [6.07, 6.45) is 21.2. The number of fused-ring (bicyclic) bond motifs is 2. The second kappa shape index (κ2) is 19.4.